The van der Waals surface area contributed by atoms with E-state index in [1.807, 2.05) is 84.3 Å². The molecule has 1 aliphatic heterocycles. The van der Waals surface area contributed by atoms with Crippen molar-refractivity contribution in [3.63, 3.8) is 0 Å². The zero-order valence-corrected chi connectivity index (χ0v) is 17.1. The van der Waals surface area contributed by atoms with Gasteiger partial charge in [0.1, 0.15) is 17.5 Å². The largest absolute Gasteiger partial charge is 0.333 e. The van der Waals surface area contributed by atoms with Gasteiger partial charge in [-0.1, -0.05) is 72.3 Å². The smallest absolute Gasteiger partial charge is 0.252 e. The van der Waals surface area contributed by atoms with E-state index in [1.165, 1.54) is 6.07 Å². The maximum Gasteiger partial charge on any atom is 0.252 e. The minimum absolute atomic E-state index is 0.00509. The molecule has 4 rings (SSSR count). The number of amides is 1. The molecular weight excluding hydrogens is 387 g/mol. The van der Waals surface area contributed by atoms with Gasteiger partial charge in [-0.2, -0.15) is 0 Å². The van der Waals surface area contributed by atoms with E-state index in [2.05, 4.69) is 0 Å². The predicted octanol–water partition coefficient (Wildman–Crippen LogP) is 5.81. The molecule has 1 unspecified atom stereocenters. The normalized spacial score (nSPS) is 18.3. The number of carbonyl (C=O) groups excluding carboxylic acids is 1. The molecule has 148 valence electrons. The van der Waals surface area contributed by atoms with Gasteiger partial charge in [-0.3, -0.25) is 4.79 Å². The Bertz CT molecular complexity index is 1020. The van der Waals surface area contributed by atoms with Gasteiger partial charge in [0, 0.05) is 12.2 Å². The summed E-state index contributed by atoms with van der Waals surface area (Å²) in [6.45, 7) is 4.50. The summed E-state index contributed by atoms with van der Waals surface area (Å²) in [7, 11) is 0. The summed E-state index contributed by atoms with van der Waals surface area (Å²) in [5, 5.41) is 0.0408. The van der Waals surface area contributed by atoms with Crippen LogP contribution in [-0.2, 0) is 11.3 Å². The average molecular weight is 409 g/mol. The van der Waals surface area contributed by atoms with E-state index in [1.54, 1.807) is 12.1 Å². The Balaban J connectivity index is 1.82. The van der Waals surface area contributed by atoms with Crippen LogP contribution < -0.4 is 4.90 Å². The molecule has 0 saturated carbocycles. The van der Waals surface area contributed by atoms with E-state index < -0.39 is 17.5 Å². The molecule has 0 spiro atoms. The fraction of sp³-hybridized carbons (Fsp3) is 0.208. The van der Waals surface area contributed by atoms with Crippen molar-refractivity contribution in [3.8, 4) is 0 Å². The van der Waals surface area contributed by atoms with Crippen molar-refractivity contribution in [1.82, 2.24) is 4.90 Å². The third-order valence-electron chi connectivity index (χ3n) is 5.49. The molecule has 3 aromatic rings. The average Bonchev–Trinajstić information content (AvgIpc) is 2.92. The van der Waals surface area contributed by atoms with Crippen LogP contribution in [0.1, 0.15) is 31.0 Å². The van der Waals surface area contributed by atoms with Crippen LogP contribution >= 0.6 is 11.6 Å². The summed E-state index contributed by atoms with van der Waals surface area (Å²) >= 11 is 6.08. The number of anilines is 1. The van der Waals surface area contributed by atoms with E-state index in [9.17, 15) is 9.18 Å². The summed E-state index contributed by atoms with van der Waals surface area (Å²) < 4.78 is 13.8. The Kier molecular flexibility index (Phi) is 5.05. The lowest BCUT2D eigenvalue weighted by Gasteiger charge is -2.40. The molecule has 1 atom stereocenters. The Labute approximate surface area is 175 Å². The molecule has 3 nitrogen and oxygen atoms in total. The third kappa shape index (κ3) is 3.49. The van der Waals surface area contributed by atoms with Crippen LogP contribution in [0.5, 0.6) is 0 Å². The molecule has 0 N–H and O–H groups in total. The maximum atomic E-state index is 13.8. The second-order valence-electron chi connectivity index (χ2n) is 7.69. The third-order valence-corrected chi connectivity index (χ3v) is 5.78. The minimum Gasteiger partial charge on any atom is -0.333 e. The first-order valence-corrected chi connectivity index (χ1v) is 9.92. The minimum atomic E-state index is -0.644. The molecule has 0 aliphatic carbocycles. The molecule has 0 aromatic heterocycles. The predicted molar refractivity (Wildman–Crippen MR) is 114 cm³/mol. The van der Waals surface area contributed by atoms with Crippen LogP contribution in [0.3, 0.4) is 0 Å². The van der Waals surface area contributed by atoms with Crippen LogP contribution in [0.2, 0.25) is 5.02 Å². The van der Waals surface area contributed by atoms with Gasteiger partial charge in [0.05, 0.1) is 5.02 Å². The van der Waals surface area contributed by atoms with E-state index in [4.69, 9.17) is 11.6 Å². The van der Waals surface area contributed by atoms with E-state index >= 15 is 0 Å². The molecule has 29 heavy (non-hydrogen) atoms. The maximum absolute atomic E-state index is 13.8. The highest BCUT2D eigenvalue weighted by Crippen LogP contribution is 2.45. The standard InChI is InChI=1S/C24H22ClFN2O/c1-24(2)27(16-17-9-5-3-6-10-17)23(29)22(18-11-7-4-8-12-18)28(24)19-13-14-21(26)20(25)15-19/h3-15,22H,16H2,1-2H3. The molecule has 3 aromatic carbocycles. The number of benzene rings is 3. The number of halogens is 2. The van der Waals surface area contributed by atoms with E-state index in [-0.39, 0.29) is 10.9 Å². The molecule has 1 saturated heterocycles. The van der Waals surface area contributed by atoms with Crippen LogP contribution in [0.25, 0.3) is 0 Å². The van der Waals surface area contributed by atoms with Crippen LogP contribution in [-0.4, -0.2) is 16.5 Å². The zero-order valence-electron chi connectivity index (χ0n) is 16.3. The first-order valence-electron chi connectivity index (χ1n) is 9.54. The quantitative estimate of drug-likeness (QED) is 0.544. The molecule has 1 amide bonds. The molecule has 1 heterocycles. The highest BCUT2D eigenvalue weighted by molar-refractivity contribution is 6.31. The summed E-state index contributed by atoms with van der Waals surface area (Å²) in [5.74, 6) is -0.471. The van der Waals surface area contributed by atoms with Gasteiger partial charge in [0.25, 0.3) is 5.91 Å². The lowest BCUT2D eigenvalue weighted by molar-refractivity contribution is -0.132. The van der Waals surface area contributed by atoms with Gasteiger partial charge >= 0.3 is 0 Å². The Morgan fingerprint density at radius 2 is 1.59 bits per heavy atom. The molecule has 5 heteroatoms. The number of hydrogen-bond donors (Lipinski definition) is 0. The molecule has 0 radical (unpaired) electrons. The van der Waals surface area contributed by atoms with Crippen molar-refractivity contribution in [2.45, 2.75) is 32.1 Å². The first kappa shape index (κ1) is 19.5. The fourth-order valence-corrected chi connectivity index (χ4v) is 4.21. The van der Waals surface area contributed by atoms with Crippen molar-refractivity contribution in [1.29, 1.82) is 0 Å². The molecule has 1 fully saturated rings. The van der Waals surface area contributed by atoms with Crippen molar-refractivity contribution in [2.75, 3.05) is 4.90 Å². The molecule has 0 bridgehead atoms. The highest BCUT2D eigenvalue weighted by Gasteiger charge is 2.51. The molecule has 1 aliphatic rings. The van der Waals surface area contributed by atoms with Crippen molar-refractivity contribution in [3.05, 3.63) is 101 Å². The SMILES string of the molecule is CC1(C)N(Cc2ccccc2)C(=O)C(c2ccccc2)N1c1ccc(F)c(Cl)c1. The van der Waals surface area contributed by atoms with Crippen molar-refractivity contribution < 1.29 is 9.18 Å². The van der Waals surface area contributed by atoms with Crippen molar-refractivity contribution >= 4 is 23.2 Å². The Morgan fingerprint density at radius 3 is 2.21 bits per heavy atom. The van der Waals surface area contributed by atoms with Crippen molar-refractivity contribution in [2.24, 2.45) is 0 Å². The lowest BCUT2D eigenvalue weighted by atomic mass is 10.0. The number of carbonyl (C=O) groups is 1. The van der Waals surface area contributed by atoms with Gasteiger partial charge in [-0.25, -0.2) is 4.39 Å². The Morgan fingerprint density at radius 1 is 0.966 bits per heavy atom. The van der Waals surface area contributed by atoms with E-state index in [0.29, 0.717) is 12.2 Å². The number of nitrogens with zero attached hydrogens (tertiary/aromatic N) is 2. The van der Waals surface area contributed by atoms with Crippen LogP contribution in [0.4, 0.5) is 10.1 Å². The van der Waals surface area contributed by atoms with Gasteiger partial charge < -0.3 is 9.80 Å². The first-order chi connectivity index (χ1) is 13.9. The lowest BCUT2D eigenvalue weighted by Crippen LogP contribution is -2.49. The van der Waals surface area contributed by atoms with Crippen LogP contribution in [0.15, 0.2) is 78.9 Å². The molecular formula is C24H22ClFN2O. The van der Waals surface area contributed by atoms with Gasteiger partial charge in [-0.15, -0.1) is 0 Å². The summed E-state index contributed by atoms with van der Waals surface area (Å²) in [4.78, 5) is 17.5. The Hall–Kier alpha value is -2.85. The topological polar surface area (TPSA) is 23.6 Å². The number of hydrogen-bond acceptors (Lipinski definition) is 2. The van der Waals surface area contributed by atoms with Gasteiger partial charge in [0.2, 0.25) is 0 Å². The van der Waals surface area contributed by atoms with Crippen LogP contribution in [0, 0.1) is 5.82 Å². The second kappa shape index (κ2) is 7.53. The highest BCUT2D eigenvalue weighted by atomic mass is 35.5. The van der Waals surface area contributed by atoms with Gasteiger partial charge in [-0.05, 0) is 43.2 Å². The van der Waals surface area contributed by atoms with Gasteiger partial charge in [0.15, 0.2) is 0 Å². The second-order valence-corrected chi connectivity index (χ2v) is 8.09. The zero-order chi connectivity index (χ0) is 20.6. The number of rotatable bonds is 4. The monoisotopic (exact) mass is 408 g/mol. The fourth-order valence-electron chi connectivity index (χ4n) is 4.04. The summed E-state index contributed by atoms with van der Waals surface area (Å²) in [6, 6.07) is 23.7. The van der Waals surface area contributed by atoms with E-state index in [0.717, 1.165) is 11.1 Å². The summed E-state index contributed by atoms with van der Waals surface area (Å²) in [5.41, 5.74) is 2.01. The summed E-state index contributed by atoms with van der Waals surface area (Å²) in [6.07, 6.45) is 0.